The zero-order chi connectivity index (χ0) is 18.7. The van der Waals surface area contributed by atoms with E-state index >= 15 is 0 Å². The lowest BCUT2D eigenvalue weighted by atomic mass is 10.1. The Bertz CT molecular complexity index is 696. The number of rotatable bonds is 8. The van der Waals surface area contributed by atoms with Gasteiger partial charge >= 0.3 is 0 Å². The molecule has 144 valence electrons. The van der Waals surface area contributed by atoms with Crippen LogP contribution in [0.1, 0.15) is 37.7 Å². The molecule has 0 aromatic carbocycles. The fourth-order valence-electron chi connectivity index (χ4n) is 3.58. The van der Waals surface area contributed by atoms with E-state index in [0.29, 0.717) is 30.8 Å². The van der Waals surface area contributed by atoms with Gasteiger partial charge in [0.05, 0.1) is 12.6 Å². The van der Waals surface area contributed by atoms with Crippen LogP contribution in [0.4, 0.5) is 0 Å². The van der Waals surface area contributed by atoms with E-state index in [9.17, 15) is 5.11 Å². The monoisotopic (exact) mass is 361 g/mol. The fourth-order valence-corrected chi connectivity index (χ4v) is 3.58. The first kappa shape index (κ1) is 19.1. The summed E-state index contributed by atoms with van der Waals surface area (Å²) in [6.07, 6.45) is 2.97. The van der Waals surface area contributed by atoms with E-state index in [1.54, 1.807) is 6.92 Å². The lowest BCUT2D eigenvalue weighted by Crippen LogP contribution is -2.40. The highest BCUT2D eigenvalue weighted by molar-refractivity contribution is 5.08. The predicted molar refractivity (Wildman–Crippen MR) is 99.5 cm³/mol. The first-order chi connectivity index (χ1) is 12.4. The van der Waals surface area contributed by atoms with Crippen LogP contribution in [-0.4, -0.2) is 62.0 Å². The van der Waals surface area contributed by atoms with E-state index in [1.165, 1.54) is 12.1 Å². The number of β-amino-alcohol motifs (C(OH)–C–C–N with tert-alkyl or cyclic N) is 1. The van der Waals surface area contributed by atoms with Gasteiger partial charge in [-0.15, -0.1) is 10.2 Å². The Labute approximate surface area is 155 Å². The average molecular weight is 361 g/mol. The van der Waals surface area contributed by atoms with E-state index in [-0.39, 0.29) is 12.1 Å². The molecule has 2 aromatic rings. The van der Waals surface area contributed by atoms with Gasteiger partial charge in [-0.3, -0.25) is 9.80 Å². The molecule has 3 heterocycles. The van der Waals surface area contributed by atoms with Crippen LogP contribution >= 0.6 is 0 Å². The smallest absolute Gasteiger partial charge is 0.230 e. The largest absolute Gasteiger partial charge is 0.424 e. The Hall–Kier alpha value is -1.70. The van der Waals surface area contributed by atoms with Gasteiger partial charge in [-0.1, -0.05) is 13.8 Å². The van der Waals surface area contributed by atoms with Gasteiger partial charge < -0.3 is 14.1 Å². The minimum Gasteiger partial charge on any atom is -0.424 e. The second kappa shape index (κ2) is 8.33. The minimum atomic E-state index is -0.372. The molecule has 3 rings (SSSR count). The normalized spacial score (nSPS) is 21.3. The highest BCUT2D eigenvalue weighted by Crippen LogP contribution is 2.20. The van der Waals surface area contributed by atoms with Gasteiger partial charge in [0.25, 0.3) is 0 Å². The van der Waals surface area contributed by atoms with E-state index in [2.05, 4.69) is 56.7 Å². The number of nitrogens with zero attached hydrogens (tertiary/aromatic N) is 5. The molecule has 0 unspecified atom stereocenters. The summed E-state index contributed by atoms with van der Waals surface area (Å²) in [5, 5.41) is 18.5. The summed E-state index contributed by atoms with van der Waals surface area (Å²) in [4.78, 5) is 4.43. The zero-order valence-corrected chi connectivity index (χ0v) is 16.3. The SMILES string of the molecule is Cc1nnc(CN(C)[C@@H]2CN(Cc3cccn3CCC(C)C)C[C@H]2O)o1. The van der Waals surface area contributed by atoms with Crippen LogP contribution in [0.3, 0.4) is 0 Å². The fraction of sp³-hybridized carbons (Fsp3) is 0.684. The van der Waals surface area contributed by atoms with Crippen molar-refractivity contribution in [3.05, 3.63) is 35.8 Å². The van der Waals surface area contributed by atoms with Crippen molar-refractivity contribution in [2.24, 2.45) is 5.92 Å². The number of likely N-dealkylation sites (tertiary alicyclic amines) is 1. The first-order valence-corrected chi connectivity index (χ1v) is 9.46. The van der Waals surface area contributed by atoms with Gasteiger partial charge in [0.2, 0.25) is 11.8 Å². The van der Waals surface area contributed by atoms with Crippen LogP contribution in [0.15, 0.2) is 22.7 Å². The third-order valence-electron chi connectivity index (χ3n) is 5.11. The molecule has 0 amide bonds. The molecule has 1 aliphatic rings. The highest BCUT2D eigenvalue weighted by atomic mass is 16.4. The summed E-state index contributed by atoms with van der Waals surface area (Å²) >= 11 is 0. The second-order valence-electron chi connectivity index (χ2n) is 7.83. The van der Waals surface area contributed by atoms with Gasteiger partial charge in [-0.2, -0.15) is 0 Å². The Balaban J connectivity index is 1.56. The maximum Gasteiger partial charge on any atom is 0.230 e. The first-order valence-electron chi connectivity index (χ1n) is 9.46. The molecule has 1 fully saturated rings. The molecular formula is C19H31N5O2. The number of hydrogen-bond donors (Lipinski definition) is 1. The molecule has 1 N–H and O–H groups in total. The molecule has 7 nitrogen and oxygen atoms in total. The van der Waals surface area contributed by atoms with Crippen LogP contribution in [0.25, 0.3) is 0 Å². The maximum absolute atomic E-state index is 10.5. The van der Waals surface area contributed by atoms with Gasteiger partial charge in [0, 0.05) is 51.0 Å². The van der Waals surface area contributed by atoms with Crippen molar-refractivity contribution in [2.75, 3.05) is 20.1 Å². The molecule has 0 bridgehead atoms. The summed E-state index contributed by atoms with van der Waals surface area (Å²) in [5.41, 5.74) is 1.31. The summed E-state index contributed by atoms with van der Waals surface area (Å²) in [5.74, 6) is 1.87. The maximum atomic E-state index is 10.5. The molecule has 0 aliphatic carbocycles. The summed E-state index contributed by atoms with van der Waals surface area (Å²) in [6, 6.07) is 4.37. The molecule has 1 saturated heterocycles. The number of likely N-dealkylation sites (N-methyl/N-ethyl adjacent to an activating group) is 1. The number of hydrogen-bond acceptors (Lipinski definition) is 6. The van der Waals surface area contributed by atoms with Crippen LogP contribution in [0, 0.1) is 12.8 Å². The second-order valence-corrected chi connectivity index (χ2v) is 7.83. The van der Waals surface area contributed by atoms with Crippen LogP contribution in [0.5, 0.6) is 0 Å². The van der Waals surface area contributed by atoms with Crippen LogP contribution in [0.2, 0.25) is 0 Å². The molecule has 2 atom stereocenters. The molecular weight excluding hydrogens is 330 g/mol. The van der Waals surface area contributed by atoms with Crippen molar-refractivity contribution in [3.8, 4) is 0 Å². The number of aliphatic hydroxyl groups excluding tert-OH is 1. The van der Waals surface area contributed by atoms with Gasteiger partial charge in [-0.05, 0) is 31.5 Å². The van der Waals surface area contributed by atoms with E-state index in [1.807, 2.05) is 7.05 Å². The van der Waals surface area contributed by atoms with Crippen molar-refractivity contribution in [1.82, 2.24) is 24.6 Å². The molecule has 0 spiro atoms. The molecule has 1 aliphatic heterocycles. The van der Waals surface area contributed by atoms with Crippen molar-refractivity contribution in [1.29, 1.82) is 0 Å². The van der Waals surface area contributed by atoms with E-state index in [0.717, 1.165) is 19.6 Å². The molecule has 2 aromatic heterocycles. The molecule has 0 radical (unpaired) electrons. The number of aryl methyl sites for hydroxylation is 2. The molecule has 0 saturated carbocycles. The predicted octanol–water partition coefficient (Wildman–Crippen LogP) is 1.90. The summed E-state index contributed by atoms with van der Waals surface area (Å²) in [7, 11) is 2.00. The third-order valence-corrected chi connectivity index (χ3v) is 5.11. The summed E-state index contributed by atoms with van der Waals surface area (Å²) in [6.45, 7) is 10.3. The Morgan fingerprint density at radius 3 is 2.85 bits per heavy atom. The van der Waals surface area contributed by atoms with E-state index in [4.69, 9.17) is 4.42 Å². The van der Waals surface area contributed by atoms with Gasteiger partial charge in [0.1, 0.15) is 0 Å². The summed E-state index contributed by atoms with van der Waals surface area (Å²) < 4.78 is 7.80. The third kappa shape index (κ3) is 4.72. The van der Waals surface area contributed by atoms with Crippen molar-refractivity contribution < 1.29 is 9.52 Å². The van der Waals surface area contributed by atoms with Crippen molar-refractivity contribution in [3.63, 3.8) is 0 Å². The van der Waals surface area contributed by atoms with Crippen molar-refractivity contribution >= 4 is 0 Å². The minimum absolute atomic E-state index is 0.0706. The van der Waals surface area contributed by atoms with E-state index < -0.39 is 0 Å². The standard InChI is InChI=1S/C19H31N5O2/c1-14(2)7-9-24-8-5-6-16(24)10-23-11-17(18(25)12-23)22(4)13-19-21-20-15(3)26-19/h5-6,8,14,17-18,25H,7,9-13H2,1-4H3/t17-,18-/m1/s1. The van der Waals surface area contributed by atoms with Crippen molar-refractivity contribution in [2.45, 2.75) is 59.0 Å². The molecule has 7 heteroatoms. The number of aliphatic hydroxyl groups is 1. The molecule has 26 heavy (non-hydrogen) atoms. The Morgan fingerprint density at radius 1 is 1.35 bits per heavy atom. The average Bonchev–Trinajstić information content (AvgIpc) is 3.27. The highest BCUT2D eigenvalue weighted by Gasteiger charge is 2.34. The van der Waals surface area contributed by atoms with Crippen LogP contribution < -0.4 is 0 Å². The lowest BCUT2D eigenvalue weighted by Gasteiger charge is -2.25. The zero-order valence-electron chi connectivity index (χ0n) is 16.3. The number of aromatic nitrogens is 3. The Morgan fingerprint density at radius 2 is 2.15 bits per heavy atom. The lowest BCUT2D eigenvalue weighted by molar-refractivity contribution is 0.0898. The van der Waals surface area contributed by atoms with Gasteiger partial charge in [0.15, 0.2) is 0 Å². The van der Waals surface area contributed by atoms with Crippen LogP contribution in [-0.2, 0) is 19.6 Å². The van der Waals surface area contributed by atoms with Gasteiger partial charge in [-0.25, -0.2) is 0 Å². The quantitative estimate of drug-likeness (QED) is 0.774. The topological polar surface area (TPSA) is 70.6 Å². The Kier molecular flexibility index (Phi) is 6.11.